The van der Waals surface area contributed by atoms with Gasteiger partial charge in [-0.05, 0) is 37.0 Å². The van der Waals surface area contributed by atoms with Crippen molar-refractivity contribution in [3.05, 3.63) is 35.1 Å². The van der Waals surface area contributed by atoms with Crippen molar-refractivity contribution >= 4 is 6.08 Å². The quantitative estimate of drug-likeness (QED) is 0.453. The molecular formula is C12H9F4NO. The summed E-state index contributed by atoms with van der Waals surface area (Å²) in [4.78, 5) is 13.9. The SMILES string of the molecule is O=C=NC1(c2ccc(F)c(C(F)(F)F)c2)CCC1. The zero-order valence-electron chi connectivity index (χ0n) is 9.22. The molecule has 0 spiro atoms. The number of rotatable bonds is 2. The lowest BCUT2D eigenvalue weighted by Crippen LogP contribution is -2.32. The minimum absolute atomic E-state index is 0.214. The molecule has 2 rings (SSSR count). The maximum Gasteiger partial charge on any atom is 0.419 e. The van der Waals surface area contributed by atoms with Crippen molar-refractivity contribution in [1.29, 1.82) is 0 Å². The summed E-state index contributed by atoms with van der Waals surface area (Å²) in [5.74, 6) is -1.32. The number of isocyanates is 1. The van der Waals surface area contributed by atoms with Crippen molar-refractivity contribution in [3.63, 3.8) is 0 Å². The van der Waals surface area contributed by atoms with Crippen LogP contribution in [0.3, 0.4) is 0 Å². The predicted octanol–water partition coefficient (Wildman–Crippen LogP) is 3.56. The Morgan fingerprint density at radius 2 is 1.94 bits per heavy atom. The monoisotopic (exact) mass is 259 g/mol. The largest absolute Gasteiger partial charge is 0.419 e. The van der Waals surface area contributed by atoms with Crippen LogP contribution in [0.15, 0.2) is 23.2 Å². The minimum atomic E-state index is -4.75. The van der Waals surface area contributed by atoms with Gasteiger partial charge in [0.2, 0.25) is 6.08 Å². The summed E-state index contributed by atoms with van der Waals surface area (Å²) in [7, 11) is 0. The number of halogens is 4. The van der Waals surface area contributed by atoms with Crippen LogP contribution in [0.25, 0.3) is 0 Å². The van der Waals surface area contributed by atoms with E-state index in [1.54, 1.807) is 0 Å². The fourth-order valence-corrected chi connectivity index (χ4v) is 2.10. The lowest BCUT2D eigenvalue weighted by Gasteiger charge is -2.37. The smallest absolute Gasteiger partial charge is 0.211 e. The molecular weight excluding hydrogens is 250 g/mol. The summed E-state index contributed by atoms with van der Waals surface area (Å²) in [6.45, 7) is 0. The highest BCUT2D eigenvalue weighted by Crippen LogP contribution is 2.46. The van der Waals surface area contributed by atoms with Crippen molar-refractivity contribution in [3.8, 4) is 0 Å². The van der Waals surface area contributed by atoms with E-state index >= 15 is 0 Å². The van der Waals surface area contributed by atoms with Gasteiger partial charge >= 0.3 is 6.18 Å². The number of hydrogen-bond donors (Lipinski definition) is 0. The highest BCUT2D eigenvalue weighted by Gasteiger charge is 2.41. The zero-order chi connectivity index (χ0) is 13.4. The Balaban J connectivity index is 2.50. The first-order valence-electron chi connectivity index (χ1n) is 5.35. The standard InChI is InChI=1S/C12H9F4NO/c13-10-3-2-8(6-9(10)12(14,15)16)11(17-7-18)4-1-5-11/h2-3,6H,1,4-5H2. The van der Waals surface area contributed by atoms with Crippen molar-refractivity contribution in [2.24, 2.45) is 4.99 Å². The number of benzene rings is 1. The third kappa shape index (κ3) is 2.04. The lowest BCUT2D eigenvalue weighted by molar-refractivity contribution is -0.140. The number of hydrogen-bond acceptors (Lipinski definition) is 2. The second-order valence-electron chi connectivity index (χ2n) is 4.28. The molecule has 0 amide bonds. The van der Waals surface area contributed by atoms with E-state index in [1.165, 1.54) is 12.1 Å². The summed E-state index contributed by atoms with van der Waals surface area (Å²) >= 11 is 0. The van der Waals surface area contributed by atoms with Crippen LogP contribution in [-0.4, -0.2) is 6.08 Å². The first-order valence-corrected chi connectivity index (χ1v) is 5.35. The van der Waals surface area contributed by atoms with E-state index < -0.39 is 23.1 Å². The van der Waals surface area contributed by atoms with Crippen molar-refractivity contribution in [1.82, 2.24) is 0 Å². The minimum Gasteiger partial charge on any atom is -0.211 e. The van der Waals surface area contributed by atoms with Gasteiger partial charge in [0.05, 0.1) is 11.1 Å². The normalized spacial score (nSPS) is 17.8. The first kappa shape index (κ1) is 12.8. The molecule has 1 aromatic carbocycles. The molecule has 0 N–H and O–H groups in total. The number of carbonyl (C=O) groups excluding carboxylic acids is 1. The Kier molecular flexibility index (Phi) is 2.99. The van der Waals surface area contributed by atoms with E-state index in [9.17, 15) is 22.4 Å². The summed E-state index contributed by atoms with van der Waals surface area (Å²) in [6.07, 6.45) is -1.65. The molecule has 0 atom stereocenters. The molecule has 0 heterocycles. The molecule has 6 heteroatoms. The van der Waals surface area contributed by atoms with E-state index in [0.717, 1.165) is 18.6 Å². The third-order valence-electron chi connectivity index (χ3n) is 3.25. The Morgan fingerprint density at radius 3 is 2.39 bits per heavy atom. The molecule has 0 unspecified atom stereocenters. The van der Waals surface area contributed by atoms with Gasteiger partial charge in [-0.1, -0.05) is 6.07 Å². The van der Waals surface area contributed by atoms with Crippen LogP contribution in [0.5, 0.6) is 0 Å². The van der Waals surface area contributed by atoms with Crippen molar-refractivity contribution in [2.45, 2.75) is 31.0 Å². The predicted molar refractivity (Wildman–Crippen MR) is 55.1 cm³/mol. The second-order valence-corrected chi connectivity index (χ2v) is 4.28. The van der Waals surface area contributed by atoms with Gasteiger partial charge in [-0.25, -0.2) is 9.18 Å². The van der Waals surface area contributed by atoms with E-state index in [-0.39, 0.29) is 5.56 Å². The second kappa shape index (κ2) is 4.21. The highest BCUT2D eigenvalue weighted by molar-refractivity contribution is 5.41. The molecule has 0 saturated heterocycles. The van der Waals surface area contributed by atoms with Crippen LogP contribution in [-0.2, 0) is 16.5 Å². The molecule has 1 aliphatic rings. The summed E-state index contributed by atoms with van der Waals surface area (Å²) in [5.41, 5.74) is -2.06. The maximum atomic E-state index is 13.1. The molecule has 2 nitrogen and oxygen atoms in total. The summed E-state index contributed by atoms with van der Waals surface area (Å²) in [6, 6.07) is 2.73. The summed E-state index contributed by atoms with van der Waals surface area (Å²) in [5, 5.41) is 0. The molecule has 1 fully saturated rings. The van der Waals surface area contributed by atoms with Gasteiger partial charge in [-0.15, -0.1) is 0 Å². The molecule has 1 saturated carbocycles. The number of nitrogens with zero attached hydrogens (tertiary/aromatic N) is 1. The maximum absolute atomic E-state index is 13.1. The Morgan fingerprint density at radius 1 is 1.28 bits per heavy atom. The molecule has 0 radical (unpaired) electrons. The topological polar surface area (TPSA) is 29.4 Å². The van der Waals surface area contributed by atoms with Gasteiger partial charge < -0.3 is 0 Å². The molecule has 0 aliphatic heterocycles. The van der Waals surface area contributed by atoms with Crippen LogP contribution in [0.2, 0.25) is 0 Å². The molecule has 1 aliphatic carbocycles. The molecule has 0 aromatic heterocycles. The molecule has 0 bridgehead atoms. The van der Waals surface area contributed by atoms with Crippen molar-refractivity contribution in [2.75, 3.05) is 0 Å². The Bertz CT molecular complexity index is 513. The average Bonchev–Trinajstić information content (AvgIpc) is 2.23. The van der Waals surface area contributed by atoms with Crippen LogP contribution in [0.1, 0.15) is 30.4 Å². The van der Waals surface area contributed by atoms with Crippen LogP contribution in [0, 0.1) is 5.82 Å². The Labute approximate surface area is 100 Å². The van der Waals surface area contributed by atoms with E-state index in [1.807, 2.05) is 0 Å². The van der Waals surface area contributed by atoms with Crippen LogP contribution in [0.4, 0.5) is 17.6 Å². The van der Waals surface area contributed by atoms with E-state index in [2.05, 4.69) is 4.99 Å². The molecule has 1 aromatic rings. The fourth-order valence-electron chi connectivity index (χ4n) is 2.10. The van der Waals surface area contributed by atoms with Crippen LogP contribution < -0.4 is 0 Å². The Hall–Kier alpha value is -1.68. The van der Waals surface area contributed by atoms with Gasteiger partial charge in [-0.2, -0.15) is 18.2 Å². The number of aliphatic imine (C=N–C) groups is 1. The molecule has 18 heavy (non-hydrogen) atoms. The van der Waals surface area contributed by atoms with Crippen LogP contribution >= 0.6 is 0 Å². The molecule has 96 valence electrons. The first-order chi connectivity index (χ1) is 8.39. The van der Waals surface area contributed by atoms with Crippen molar-refractivity contribution < 1.29 is 22.4 Å². The highest BCUT2D eigenvalue weighted by atomic mass is 19.4. The number of alkyl halides is 3. The van der Waals surface area contributed by atoms with Gasteiger partial charge in [0.1, 0.15) is 5.82 Å². The zero-order valence-corrected chi connectivity index (χ0v) is 9.22. The van der Waals surface area contributed by atoms with E-state index in [4.69, 9.17) is 0 Å². The van der Waals surface area contributed by atoms with Gasteiger partial charge in [0, 0.05) is 0 Å². The average molecular weight is 259 g/mol. The lowest BCUT2D eigenvalue weighted by atomic mass is 9.72. The third-order valence-corrected chi connectivity index (χ3v) is 3.25. The summed E-state index contributed by atoms with van der Waals surface area (Å²) < 4.78 is 50.9. The van der Waals surface area contributed by atoms with E-state index in [0.29, 0.717) is 12.8 Å². The van der Waals surface area contributed by atoms with Gasteiger partial charge in [0.25, 0.3) is 0 Å². The van der Waals surface area contributed by atoms with Gasteiger partial charge in [-0.3, -0.25) is 0 Å². The fraction of sp³-hybridized carbons (Fsp3) is 0.417. The van der Waals surface area contributed by atoms with Gasteiger partial charge in [0.15, 0.2) is 0 Å².